The van der Waals surface area contributed by atoms with Crippen LogP contribution in [0.25, 0.3) is 21.2 Å². The minimum Gasteiger partial charge on any atom is -0.485 e. The molecule has 5 heteroatoms. The van der Waals surface area contributed by atoms with Gasteiger partial charge in [0.25, 0.3) is 0 Å². The molecule has 5 nitrogen and oxygen atoms in total. The Labute approximate surface area is 104 Å². The number of fused-ring (bicyclic) bond motifs is 1. The lowest BCUT2D eigenvalue weighted by molar-refractivity contribution is -0.119. The van der Waals surface area contributed by atoms with Crippen molar-refractivity contribution in [1.82, 2.24) is 0 Å². The summed E-state index contributed by atoms with van der Waals surface area (Å²) in [5.74, 6) is 0.406. The van der Waals surface area contributed by atoms with Crippen LogP contribution in [0.3, 0.4) is 0 Å². The van der Waals surface area contributed by atoms with Gasteiger partial charge in [0.15, 0.2) is 5.78 Å². The first kappa shape index (κ1) is 12.0. The van der Waals surface area contributed by atoms with E-state index in [0.29, 0.717) is 5.75 Å². The summed E-state index contributed by atoms with van der Waals surface area (Å²) in [6, 6.07) is 13.4. The van der Waals surface area contributed by atoms with Crippen molar-refractivity contribution in [2.75, 3.05) is 13.2 Å². The smallest absolute Gasteiger partial charge is 0.176 e. The van der Waals surface area contributed by atoms with Crippen molar-refractivity contribution in [2.45, 2.75) is 0 Å². The summed E-state index contributed by atoms with van der Waals surface area (Å²) < 4.78 is 5.45. The second-order valence-electron chi connectivity index (χ2n) is 3.69. The largest absolute Gasteiger partial charge is 0.485 e. The van der Waals surface area contributed by atoms with Crippen molar-refractivity contribution in [1.29, 1.82) is 0 Å². The van der Waals surface area contributed by atoms with Gasteiger partial charge in [0.1, 0.15) is 12.4 Å². The molecule has 0 aliphatic heterocycles. The molecule has 0 bridgehead atoms. The number of carbonyl (C=O) groups excluding carboxylic acids is 1. The SMILES string of the molecule is [N-]=[N+]=NCC(=O)COc1cccc2ccccc12. The number of hydrogen-bond acceptors (Lipinski definition) is 3. The molecular weight excluding hydrogens is 230 g/mol. The van der Waals surface area contributed by atoms with E-state index in [2.05, 4.69) is 10.0 Å². The van der Waals surface area contributed by atoms with Crippen LogP contribution in [-0.4, -0.2) is 18.9 Å². The molecule has 0 radical (unpaired) electrons. The lowest BCUT2D eigenvalue weighted by atomic mass is 10.1. The van der Waals surface area contributed by atoms with E-state index < -0.39 is 0 Å². The van der Waals surface area contributed by atoms with Crippen LogP contribution in [0.15, 0.2) is 47.6 Å². The number of nitrogens with zero attached hydrogens (tertiary/aromatic N) is 3. The van der Waals surface area contributed by atoms with E-state index >= 15 is 0 Å². The highest BCUT2D eigenvalue weighted by molar-refractivity contribution is 5.89. The van der Waals surface area contributed by atoms with Gasteiger partial charge in [-0.1, -0.05) is 41.5 Å². The summed E-state index contributed by atoms with van der Waals surface area (Å²) in [5.41, 5.74) is 8.11. The third-order valence-corrected chi connectivity index (χ3v) is 2.45. The number of rotatable bonds is 5. The quantitative estimate of drug-likeness (QED) is 0.458. The molecule has 0 unspecified atom stereocenters. The van der Waals surface area contributed by atoms with Crippen LogP contribution in [0.5, 0.6) is 5.75 Å². The molecule has 0 aromatic heterocycles. The van der Waals surface area contributed by atoms with Crippen molar-refractivity contribution in [3.63, 3.8) is 0 Å². The normalized spacial score (nSPS) is 9.78. The predicted molar refractivity (Wildman–Crippen MR) is 68.5 cm³/mol. The van der Waals surface area contributed by atoms with Gasteiger partial charge in [0.05, 0.1) is 6.54 Å². The Morgan fingerprint density at radius 1 is 1.22 bits per heavy atom. The van der Waals surface area contributed by atoms with E-state index in [9.17, 15) is 4.79 Å². The summed E-state index contributed by atoms with van der Waals surface area (Å²) in [5, 5.41) is 5.21. The Hall–Kier alpha value is -2.52. The molecule has 0 saturated carbocycles. The number of ketones is 1. The number of azide groups is 1. The zero-order chi connectivity index (χ0) is 12.8. The standard InChI is InChI=1S/C13H11N3O2/c14-16-15-8-11(17)9-18-13-7-3-5-10-4-1-2-6-12(10)13/h1-7H,8-9H2. The summed E-state index contributed by atoms with van der Waals surface area (Å²) in [7, 11) is 0. The number of hydrogen-bond donors (Lipinski definition) is 0. The molecule has 18 heavy (non-hydrogen) atoms. The van der Waals surface area contributed by atoms with Gasteiger partial charge in [-0.15, -0.1) is 0 Å². The summed E-state index contributed by atoms with van der Waals surface area (Å²) in [4.78, 5) is 13.9. The van der Waals surface area contributed by atoms with Crippen molar-refractivity contribution in [2.24, 2.45) is 5.11 Å². The van der Waals surface area contributed by atoms with Gasteiger partial charge in [0, 0.05) is 10.3 Å². The van der Waals surface area contributed by atoms with Crippen LogP contribution in [-0.2, 0) is 4.79 Å². The van der Waals surface area contributed by atoms with E-state index in [1.54, 1.807) is 0 Å². The van der Waals surface area contributed by atoms with E-state index in [1.807, 2.05) is 42.5 Å². The molecule has 0 spiro atoms. The molecular formula is C13H11N3O2. The van der Waals surface area contributed by atoms with Crippen LogP contribution in [0.4, 0.5) is 0 Å². The first-order valence-corrected chi connectivity index (χ1v) is 5.44. The predicted octanol–water partition coefficient (Wildman–Crippen LogP) is 3.10. The minimum absolute atomic E-state index is 0.0903. The van der Waals surface area contributed by atoms with Crippen molar-refractivity contribution in [3.05, 3.63) is 52.9 Å². The van der Waals surface area contributed by atoms with E-state index in [-0.39, 0.29) is 18.9 Å². The number of carbonyl (C=O) groups is 1. The van der Waals surface area contributed by atoms with Crippen LogP contribution in [0.1, 0.15) is 0 Å². The second-order valence-corrected chi connectivity index (χ2v) is 3.69. The summed E-state index contributed by atoms with van der Waals surface area (Å²) in [6.45, 7) is -0.270. The Bertz CT molecular complexity index is 613. The van der Waals surface area contributed by atoms with Crippen LogP contribution in [0.2, 0.25) is 0 Å². The van der Waals surface area contributed by atoms with Crippen molar-refractivity contribution in [3.8, 4) is 5.75 Å². The van der Waals surface area contributed by atoms with Crippen molar-refractivity contribution >= 4 is 16.6 Å². The molecule has 0 fully saturated rings. The van der Waals surface area contributed by atoms with Gasteiger partial charge in [-0.25, -0.2) is 0 Å². The molecule has 0 atom stereocenters. The first-order chi connectivity index (χ1) is 8.81. The van der Waals surface area contributed by atoms with Gasteiger partial charge in [0.2, 0.25) is 0 Å². The van der Waals surface area contributed by atoms with E-state index in [4.69, 9.17) is 10.3 Å². The first-order valence-electron chi connectivity index (χ1n) is 5.44. The number of ether oxygens (including phenoxy) is 1. The highest BCUT2D eigenvalue weighted by Gasteiger charge is 2.04. The van der Waals surface area contributed by atoms with Gasteiger partial charge in [-0.05, 0) is 17.0 Å². The highest BCUT2D eigenvalue weighted by Crippen LogP contribution is 2.24. The Kier molecular flexibility index (Phi) is 3.79. The molecule has 2 rings (SSSR count). The lowest BCUT2D eigenvalue weighted by Gasteiger charge is -2.07. The molecule has 2 aromatic carbocycles. The molecule has 0 heterocycles. The zero-order valence-corrected chi connectivity index (χ0v) is 9.61. The topological polar surface area (TPSA) is 75.1 Å². The molecule has 90 valence electrons. The molecule has 2 aromatic rings. The maximum atomic E-state index is 11.3. The second kappa shape index (κ2) is 5.70. The van der Waals surface area contributed by atoms with E-state index in [0.717, 1.165) is 10.8 Å². The van der Waals surface area contributed by atoms with Gasteiger partial charge < -0.3 is 4.74 Å². The third-order valence-electron chi connectivity index (χ3n) is 2.45. The lowest BCUT2D eigenvalue weighted by Crippen LogP contribution is -2.13. The zero-order valence-electron chi connectivity index (χ0n) is 9.61. The van der Waals surface area contributed by atoms with Crippen LogP contribution < -0.4 is 4.74 Å². The fourth-order valence-electron chi connectivity index (χ4n) is 1.64. The fraction of sp³-hybridized carbons (Fsp3) is 0.154. The summed E-state index contributed by atoms with van der Waals surface area (Å²) in [6.07, 6.45) is 0. The fourth-order valence-corrected chi connectivity index (χ4v) is 1.64. The Balaban J connectivity index is 2.12. The van der Waals surface area contributed by atoms with Gasteiger partial charge in [-0.3, -0.25) is 4.79 Å². The molecule has 0 aliphatic carbocycles. The third kappa shape index (κ3) is 2.78. The minimum atomic E-state index is -0.249. The monoisotopic (exact) mass is 241 g/mol. The molecule has 0 amide bonds. The van der Waals surface area contributed by atoms with Gasteiger partial charge in [-0.2, -0.15) is 0 Å². The average Bonchev–Trinajstić information content (AvgIpc) is 2.42. The average molecular weight is 241 g/mol. The van der Waals surface area contributed by atoms with Gasteiger partial charge >= 0.3 is 0 Å². The summed E-state index contributed by atoms with van der Waals surface area (Å²) >= 11 is 0. The van der Waals surface area contributed by atoms with Crippen LogP contribution in [0, 0.1) is 0 Å². The Morgan fingerprint density at radius 3 is 2.83 bits per heavy atom. The maximum absolute atomic E-state index is 11.3. The molecule has 0 N–H and O–H groups in total. The maximum Gasteiger partial charge on any atom is 0.176 e. The molecule has 0 saturated heterocycles. The molecule has 0 aliphatic rings. The highest BCUT2D eigenvalue weighted by atomic mass is 16.5. The number of benzene rings is 2. The number of Topliss-reactive ketones (excluding diaryl/α,β-unsaturated/α-hetero) is 1. The van der Waals surface area contributed by atoms with Crippen molar-refractivity contribution < 1.29 is 9.53 Å². The van der Waals surface area contributed by atoms with Crippen LogP contribution >= 0.6 is 0 Å². The van der Waals surface area contributed by atoms with E-state index in [1.165, 1.54) is 0 Å². The Morgan fingerprint density at radius 2 is 2.00 bits per heavy atom.